The zero-order valence-corrected chi connectivity index (χ0v) is 13.1. The van der Waals surface area contributed by atoms with Crippen LogP contribution in [0.15, 0.2) is 17.1 Å². The first-order chi connectivity index (χ1) is 10.3. The van der Waals surface area contributed by atoms with Gasteiger partial charge in [0, 0.05) is 20.3 Å². The predicted octanol–water partition coefficient (Wildman–Crippen LogP) is 2.11. The van der Waals surface area contributed by atoms with Crippen LogP contribution < -0.4 is 5.32 Å². The van der Waals surface area contributed by atoms with Crippen LogP contribution in [0, 0.1) is 23.2 Å². The summed E-state index contributed by atoms with van der Waals surface area (Å²) >= 11 is 1.55. The standard InChI is InChI=1S/C15H21N3O2S/c1-20-9-5-8-17-15-12(10-16)13(19)18-14(21-15)11-6-3-2-4-7-11/h2-3,11-12,14H,4-9H2,1H3,(H,18,19)/t11-,12?,14+/m1/s1. The van der Waals surface area contributed by atoms with Gasteiger partial charge in [-0.15, -0.1) is 0 Å². The summed E-state index contributed by atoms with van der Waals surface area (Å²) in [6.07, 6.45) is 8.27. The molecule has 0 radical (unpaired) electrons. The highest BCUT2D eigenvalue weighted by Crippen LogP contribution is 2.33. The molecule has 5 nitrogen and oxygen atoms in total. The molecule has 0 aromatic carbocycles. The van der Waals surface area contributed by atoms with Gasteiger partial charge in [0.15, 0.2) is 5.92 Å². The average molecular weight is 307 g/mol. The minimum Gasteiger partial charge on any atom is -0.385 e. The molecule has 3 atom stereocenters. The third-order valence-corrected chi connectivity index (χ3v) is 5.05. The number of nitrogens with one attached hydrogen (secondary N) is 1. The lowest BCUT2D eigenvalue weighted by Crippen LogP contribution is -2.48. The number of nitrogens with zero attached hydrogens (tertiary/aromatic N) is 2. The summed E-state index contributed by atoms with van der Waals surface area (Å²) in [5, 5.41) is 12.9. The molecule has 0 saturated carbocycles. The molecule has 1 aliphatic heterocycles. The number of amides is 1. The van der Waals surface area contributed by atoms with Crippen molar-refractivity contribution >= 4 is 22.7 Å². The predicted molar refractivity (Wildman–Crippen MR) is 83.9 cm³/mol. The van der Waals surface area contributed by atoms with Crippen molar-refractivity contribution in [2.24, 2.45) is 16.8 Å². The summed E-state index contributed by atoms with van der Waals surface area (Å²) in [7, 11) is 1.65. The first-order valence-electron chi connectivity index (χ1n) is 7.31. The number of hydrogen-bond donors (Lipinski definition) is 1. The van der Waals surface area contributed by atoms with Crippen LogP contribution in [0.2, 0.25) is 0 Å². The molecule has 114 valence electrons. The van der Waals surface area contributed by atoms with Gasteiger partial charge >= 0.3 is 0 Å². The van der Waals surface area contributed by atoms with Crippen molar-refractivity contribution in [3.05, 3.63) is 12.2 Å². The average Bonchev–Trinajstić information content (AvgIpc) is 2.52. The summed E-state index contributed by atoms with van der Waals surface area (Å²) in [5.74, 6) is -0.540. The quantitative estimate of drug-likeness (QED) is 0.623. The molecule has 0 bridgehead atoms. The second-order valence-electron chi connectivity index (χ2n) is 5.22. The molecule has 1 unspecified atom stereocenters. The fraction of sp³-hybridized carbons (Fsp3) is 0.667. The molecule has 2 aliphatic rings. The smallest absolute Gasteiger partial charge is 0.244 e. The SMILES string of the molecule is COCCCN=C1S[C@@H]([C@@H]2CC=CCC2)NC(=O)C1C#N. The van der Waals surface area contributed by atoms with Crippen molar-refractivity contribution < 1.29 is 9.53 Å². The van der Waals surface area contributed by atoms with Crippen LogP contribution >= 0.6 is 11.8 Å². The highest BCUT2D eigenvalue weighted by Gasteiger charge is 2.37. The molecule has 6 heteroatoms. The fourth-order valence-corrected chi connectivity index (χ4v) is 3.85. The monoisotopic (exact) mass is 307 g/mol. The Balaban J connectivity index is 2.03. The van der Waals surface area contributed by atoms with E-state index < -0.39 is 5.92 Å². The molecular weight excluding hydrogens is 286 g/mol. The van der Waals surface area contributed by atoms with Gasteiger partial charge in [0.25, 0.3) is 0 Å². The number of allylic oxidation sites excluding steroid dienone is 2. The molecule has 1 aliphatic carbocycles. The van der Waals surface area contributed by atoms with E-state index in [0.29, 0.717) is 24.1 Å². The Bertz CT molecular complexity index is 470. The number of thioether (sulfide) groups is 1. The van der Waals surface area contributed by atoms with E-state index in [1.54, 1.807) is 18.9 Å². The number of nitriles is 1. The molecule has 21 heavy (non-hydrogen) atoms. The topological polar surface area (TPSA) is 74.5 Å². The summed E-state index contributed by atoms with van der Waals surface area (Å²) < 4.78 is 4.99. The minimum atomic E-state index is -0.757. The number of ether oxygens (including phenoxy) is 1. The van der Waals surface area contributed by atoms with E-state index in [9.17, 15) is 10.1 Å². The Morgan fingerprint density at radius 1 is 1.57 bits per heavy atom. The molecule has 1 heterocycles. The molecule has 1 fully saturated rings. The van der Waals surface area contributed by atoms with Crippen molar-refractivity contribution in [2.45, 2.75) is 31.1 Å². The van der Waals surface area contributed by atoms with E-state index in [-0.39, 0.29) is 11.3 Å². The fourth-order valence-electron chi connectivity index (χ4n) is 2.51. The van der Waals surface area contributed by atoms with Gasteiger partial charge in [-0.25, -0.2) is 0 Å². The Morgan fingerprint density at radius 2 is 2.43 bits per heavy atom. The third kappa shape index (κ3) is 4.32. The number of hydrogen-bond acceptors (Lipinski definition) is 5. The highest BCUT2D eigenvalue weighted by atomic mass is 32.2. The van der Waals surface area contributed by atoms with Crippen molar-refractivity contribution in [1.82, 2.24) is 5.32 Å². The summed E-state index contributed by atoms with van der Waals surface area (Å²) in [6.45, 7) is 1.24. The number of carbonyl (C=O) groups excluding carboxylic acids is 1. The summed E-state index contributed by atoms with van der Waals surface area (Å²) in [5.41, 5.74) is 0. The molecular formula is C15H21N3O2S. The maximum absolute atomic E-state index is 12.1. The molecule has 0 spiro atoms. The largest absolute Gasteiger partial charge is 0.385 e. The van der Waals surface area contributed by atoms with Crippen LogP contribution in [0.4, 0.5) is 0 Å². The second-order valence-corrected chi connectivity index (χ2v) is 6.38. The van der Waals surface area contributed by atoms with Crippen LogP contribution in [0.3, 0.4) is 0 Å². The summed E-state index contributed by atoms with van der Waals surface area (Å²) in [4.78, 5) is 16.6. The Kier molecular flexibility index (Phi) is 6.27. The number of aliphatic imine (C=N–C) groups is 1. The number of methoxy groups -OCH3 is 1. The van der Waals surface area contributed by atoms with Gasteiger partial charge in [-0.3, -0.25) is 9.79 Å². The maximum atomic E-state index is 12.1. The van der Waals surface area contributed by atoms with E-state index in [2.05, 4.69) is 28.5 Å². The lowest BCUT2D eigenvalue weighted by molar-refractivity contribution is -0.122. The van der Waals surface area contributed by atoms with Gasteiger partial charge in [-0.05, 0) is 31.6 Å². The van der Waals surface area contributed by atoms with Gasteiger partial charge in [0.05, 0.1) is 16.5 Å². The Labute approximate surface area is 129 Å². The molecule has 2 rings (SSSR count). The van der Waals surface area contributed by atoms with Crippen LogP contribution in [0.1, 0.15) is 25.7 Å². The van der Waals surface area contributed by atoms with Crippen molar-refractivity contribution in [2.75, 3.05) is 20.3 Å². The molecule has 1 saturated heterocycles. The van der Waals surface area contributed by atoms with Crippen LogP contribution in [0.5, 0.6) is 0 Å². The Morgan fingerprint density at radius 3 is 3.10 bits per heavy atom. The first-order valence-corrected chi connectivity index (χ1v) is 8.19. The van der Waals surface area contributed by atoms with Crippen LogP contribution in [0.25, 0.3) is 0 Å². The van der Waals surface area contributed by atoms with Crippen molar-refractivity contribution in [3.8, 4) is 6.07 Å². The maximum Gasteiger partial charge on any atom is 0.244 e. The highest BCUT2D eigenvalue weighted by molar-refractivity contribution is 8.14. The summed E-state index contributed by atoms with van der Waals surface area (Å²) in [6, 6.07) is 2.06. The molecule has 0 aromatic rings. The van der Waals surface area contributed by atoms with E-state index in [1.165, 1.54) is 0 Å². The molecule has 1 N–H and O–H groups in total. The Hall–Kier alpha value is -1.32. The number of carbonyl (C=O) groups is 1. The van der Waals surface area contributed by atoms with Crippen LogP contribution in [-0.2, 0) is 9.53 Å². The zero-order valence-electron chi connectivity index (χ0n) is 12.2. The van der Waals surface area contributed by atoms with Crippen LogP contribution in [-0.4, -0.2) is 36.6 Å². The van der Waals surface area contributed by atoms with E-state index in [1.807, 2.05) is 0 Å². The van der Waals surface area contributed by atoms with Gasteiger partial charge in [-0.1, -0.05) is 23.9 Å². The lowest BCUT2D eigenvalue weighted by atomic mass is 9.94. The minimum absolute atomic E-state index is 0.0354. The van der Waals surface area contributed by atoms with E-state index >= 15 is 0 Å². The van der Waals surface area contributed by atoms with Gasteiger partial charge < -0.3 is 10.1 Å². The molecule has 0 aromatic heterocycles. The molecule has 1 amide bonds. The van der Waals surface area contributed by atoms with Crippen molar-refractivity contribution in [1.29, 1.82) is 5.26 Å². The van der Waals surface area contributed by atoms with Gasteiger partial charge in [0.2, 0.25) is 5.91 Å². The van der Waals surface area contributed by atoms with E-state index in [0.717, 1.165) is 25.7 Å². The third-order valence-electron chi connectivity index (χ3n) is 3.68. The lowest BCUT2D eigenvalue weighted by Gasteiger charge is -2.33. The number of rotatable bonds is 5. The first kappa shape index (κ1) is 16.1. The normalized spacial score (nSPS) is 31.0. The van der Waals surface area contributed by atoms with Gasteiger partial charge in [-0.2, -0.15) is 5.26 Å². The van der Waals surface area contributed by atoms with E-state index in [4.69, 9.17) is 4.74 Å². The zero-order chi connectivity index (χ0) is 15.1. The second kappa shape index (κ2) is 8.20. The van der Waals surface area contributed by atoms with Gasteiger partial charge in [0.1, 0.15) is 0 Å². The van der Waals surface area contributed by atoms with Crippen molar-refractivity contribution in [3.63, 3.8) is 0 Å².